The molecule has 0 amide bonds. The van der Waals surface area contributed by atoms with Crippen molar-refractivity contribution in [2.24, 2.45) is 17.8 Å². The van der Waals surface area contributed by atoms with Gasteiger partial charge < -0.3 is 20.5 Å². The summed E-state index contributed by atoms with van der Waals surface area (Å²) in [6, 6.07) is 8.41. The second-order valence-electron chi connectivity index (χ2n) is 9.34. The second kappa shape index (κ2) is 10.3. The van der Waals surface area contributed by atoms with E-state index < -0.39 is 0 Å². The third-order valence-electron chi connectivity index (χ3n) is 6.75. The predicted molar refractivity (Wildman–Crippen MR) is 136 cm³/mol. The van der Waals surface area contributed by atoms with Gasteiger partial charge in [-0.1, -0.05) is 26.0 Å². The zero-order valence-corrected chi connectivity index (χ0v) is 20.9. The summed E-state index contributed by atoms with van der Waals surface area (Å²) in [5, 5.41) is 17.8. The highest BCUT2D eigenvalue weighted by Gasteiger charge is 2.38. The first-order valence-electron chi connectivity index (χ1n) is 11.8. The van der Waals surface area contributed by atoms with Gasteiger partial charge in [0.25, 0.3) is 0 Å². The minimum atomic E-state index is 0.193. The number of anilines is 2. The van der Waals surface area contributed by atoms with Crippen LogP contribution in [-0.2, 0) is 4.74 Å². The second-order valence-corrected chi connectivity index (χ2v) is 10.4. The quantitative estimate of drug-likeness (QED) is 0.381. The molecule has 178 valence electrons. The van der Waals surface area contributed by atoms with E-state index in [0.717, 1.165) is 38.7 Å². The number of ether oxygens (including phenoxy) is 1. The molecule has 4 atom stereocenters. The van der Waals surface area contributed by atoms with Crippen molar-refractivity contribution in [2.75, 3.05) is 30.4 Å². The molecule has 4 unspecified atom stereocenters. The summed E-state index contributed by atoms with van der Waals surface area (Å²) >= 11 is 1.66. The number of aromatic nitrogens is 3. The van der Waals surface area contributed by atoms with Crippen LogP contribution in [0, 0.1) is 24.7 Å². The molecule has 0 saturated heterocycles. The number of nitrogens with one attached hydrogen (secondary N) is 2. The molecule has 3 N–H and O–H groups in total. The first-order chi connectivity index (χ1) is 15.9. The molecule has 0 bridgehead atoms. The van der Waals surface area contributed by atoms with Crippen molar-refractivity contribution < 1.29 is 9.84 Å². The number of nitrogens with zero attached hydrogens (tertiary/aromatic N) is 3. The lowest BCUT2D eigenvalue weighted by Crippen LogP contribution is -2.25. The predicted octanol–water partition coefficient (Wildman–Crippen LogP) is 4.96. The largest absolute Gasteiger partial charge is 0.396 e. The van der Waals surface area contributed by atoms with E-state index in [1.807, 2.05) is 39.0 Å². The highest BCUT2D eigenvalue weighted by atomic mass is 32.1. The van der Waals surface area contributed by atoms with Crippen LogP contribution in [0.4, 0.5) is 11.8 Å². The highest BCUT2D eigenvalue weighted by Crippen LogP contribution is 2.41. The molecule has 3 aromatic rings. The molecule has 8 heteroatoms. The Hall–Kier alpha value is -2.29. The summed E-state index contributed by atoms with van der Waals surface area (Å²) in [6.45, 7) is 12.0. The average Bonchev–Trinajstić information content (AvgIpc) is 3.32. The molecule has 1 aliphatic carbocycles. The Balaban J connectivity index is 1.67. The van der Waals surface area contributed by atoms with Crippen LogP contribution in [0.1, 0.15) is 39.8 Å². The monoisotopic (exact) mass is 469 g/mol. The third kappa shape index (κ3) is 5.28. The SMILES string of the molecule is Cc1nc(NCCOC(C)C)nc(NC2CC(CO)C(C)C2C)c1-c1nc2ccccc2s1. The van der Waals surface area contributed by atoms with E-state index in [0.29, 0.717) is 36.9 Å². The number of thiazole rings is 1. The third-order valence-corrected chi connectivity index (χ3v) is 7.81. The number of fused-ring (bicyclic) bond motifs is 1. The Kier molecular flexibility index (Phi) is 7.46. The summed E-state index contributed by atoms with van der Waals surface area (Å²) in [6.07, 6.45) is 1.12. The summed E-state index contributed by atoms with van der Waals surface area (Å²) in [5.41, 5.74) is 2.82. The van der Waals surface area contributed by atoms with Gasteiger partial charge in [0.1, 0.15) is 10.8 Å². The van der Waals surface area contributed by atoms with Crippen LogP contribution in [0.25, 0.3) is 20.8 Å². The molecule has 2 aromatic heterocycles. The van der Waals surface area contributed by atoms with Gasteiger partial charge >= 0.3 is 0 Å². The Bertz CT molecular complexity index is 1050. The molecule has 1 saturated carbocycles. The van der Waals surface area contributed by atoms with Crippen LogP contribution in [0.15, 0.2) is 24.3 Å². The van der Waals surface area contributed by atoms with Gasteiger partial charge in [0.2, 0.25) is 5.95 Å². The number of aliphatic hydroxyl groups is 1. The molecule has 1 aromatic carbocycles. The molecular formula is C25H35N5O2S. The van der Waals surface area contributed by atoms with Gasteiger partial charge in [-0.05, 0) is 57.1 Å². The van der Waals surface area contributed by atoms with E-state index >= 15 is 0 Å². The maximum atomic E-state index is 9.82. The molecule has 1 fully saturated rings. The van der Waals surface area contributed by atoms with Crippen molar-refractivity contribution in [2.45, 2.75) is 53.2 Å². The van der Waals surface area contributed by atoms with Crippen LogP contribution < -0.4 is 10.6 Å². The fraction of sp³-hybridized carbons (Fsp3) is 0.560. The summed E-state index contributed by atoms with van der Waals surface area (Å²) in [7, 11) is 0. The van der Waals surface area contributed by atoms with Crippen LogP contribution >= 0.6 is 11.3 Å². The maximum absolute atomic E-state index is 9.82. The van der Waals surface area contributed by atoms with Crippen LogP contribution in [-0.4, -0.2) is 52.0 Å². The average molecular weight is 470 g/mol. The van der Waals surface area contributed by atoms with Crippen LogP contribution in [0.2, 0.25) is 0 Å². The smallest absolute Gasteiger partial charge is 0.224 e. The van der Waals surface area contributed by atoms with E-state index in [9.17, 15) is 5.11 Å². The van der Waals surface area contributed by atoms with Crippen molar-refractivity contribution in [3.63, 3.8) is 0 Å². The molecule has 2 heterocycles. The Labute approximate surface area is 200 Å². The number of hydrogen-bond donors (Lipinski definition) is 3. The summed E-state index contributed by atoms with van der Waals surface area (Å²) in [5.74, 6) is 2.57. The fourth-order valence-electron chi connectivity index (χ4n) is 4.61. The molecule has 7 nitrogen and oxygen atoms in total. The minimum Gasteiger partial charge on any atom is -0.396 e. The Morgan fingerprint density at radius 2 is 1.94 bits per heavy atom. The van der Waals surface area contributed by atoms with Crippen molar-refractivity contribution >= 4 is 33.3 Å². The Morgan fingerprint density at radius 1 is 1.15 bits per heavy atom. The van der Waals surface area contributed by atoms with Crippen LogP contribution in [0.5, 0.6) is 0 Å². The van der Waals surface area contributed by atoms with E-state index in [-0.39, 0.29) is 18.8 Å². The number of rotatable bonds is 9. The van der Waals surface area contributed by atoms with Crippen LogP contribution in [0.3, 0.4) is 0 Å². The standard InChI is InChI=1S/C25H35N5O2S/c1-14(2)32-11-10-26-25-27-17(5)22(24-29-19-8-6-7-9-21(19)33-24)23(30-25)28-20-12-18(13-31)15(3)16(20)4/h6-9,14-16,18,20,31H,10-13H2,1-5H3,(H2,26,27,28,30). The van der Waals surface area contributed by atoms with E-state index in [4.69, 9.17) is 19.7 Å². The molecular weight excluding hydrogens is 434 g/mol. The summed E-state index contributed by atoms with van der Waals surface area (Å²) < 4.78 is 6.79. The van der Waals surface area contributed by atoms with E-state index in [1.54, 1.807) is 11.3 Å². The highest BCUT2D eigenvalue weighted by molar-refractivity contribution is 7.21. The topological polar surface area (TPSA) is 92.2 Å². The van der Waals surface area contributed by atoms with E-state index in [2.05, 4.69) is 30.5 Å². The molecule has 0 spiro atoms. The van der Waals surface area contributed by atoms with Gasteiger partial charge in [-0.3, -0.25) is 0 Å². The van der Waals surface area contributed by atoms with Crippen molar-refractivity contribution in [1.82, 2.24) is 15.0 Å². The lowest BCUT2D eigenvalue weighted by atomic mass is 9.92. The molecule has 0 radical (unpaired) electrons. The van der Waals surface area contributed by atoms with Crippen molar-refractivity contribution in [3.05, 3.63) is 30.0 Å². The number of aryl methyl sites for hydroxylation is 1. The molecule has 0 aliphatic heterocycles. The number of benzene rings is 1. The zero-order chi connectivity index (χ0) is 23.5. The molecule has 33 heavy (non-hydrogen) atoms. The lowest BCUT2D eigenvalue weighted by molar-refractivity contribution is 0.0870. The van der Waals surface area contributed by atoms with Gasteiger partial charge in [-0.25, -0.2) is 9.97 Å². The van der Waals surface area contributed by atoms with E-state index in [1.165, 1.54) is 0 Å². The first-order valence-corrected chi connectivity index (χ1v) is 12.7. The fourth-order valence-corrected chi connectivity index (χ4v) is 5.67. The number of hydrogen-bond acceptors (Lipinski definition) is 8. The van der Waals surface area contributed by atoms with Gasteiger partial charge in [0.15, 0.2) is 0 Å². The van der Waals surface area contributed by atoms with Gasteiger partial charge in [-0.2, -0.15) is 4.98 Å². The normalized spacial score (nSPS) is 22.9. The van der Waals surface area contributed by atoms with Gasteiger partial charge in [-0.15, -0.1) is 11.3 Å². The zero-order valence-electron chi connectivity index (χ0n) is 20.1. The maximum Gasteiger partial charge on any atom is 0.224 e. The number of aliphatic hydroxyl groups excluding tert-OH is 1. The van der Waals surface area contributed by atoms with Crippen molar-refractivity contribution in [1.29, 1.82) is 0 Å². The number of para-hydroxylation sites is 1. The molecule has 1 aliphatic rings. The Morgan fingerprint density at radius 3 is 2.64 bits per heavy atom. The van der Waals surface area contributed by atoms with Gasteiger partial charge in [0.05, 0.1) is 34.2 Å². The summed E-state index contributed by atoms with van der Waals surface area (Å²) in [4.78, 5) is 14.5. The minimum absolute atomic E-state index is 0.193. The van der Waals surface area contributed by atoms with Crippen molar-refractivity contribution in [3.8, 4) is 10.6 Å². The lowest BCUT2D eigenvalue weighted by Gasteiger charge is -2.22. The first kappa shape index (κ1) is 23.9. The van der Waals surface area contributed by atoms with Gasteiger partial charge in [0, 0.05) is 19.2 Å². The molecule has 4 rings (SSSR count).